The van der Waals surface area contributed by atoms with Gasteiger partial charge in [0.05, 0.1) is 6.61 Å². The summed E-state index contributed by atoms with van der Waals surface area (Å²) < 4.78 is 5.66. The van der Waals surface area contributed by atoms with E-state index in [1.807, 2.05) is 12.1 Å². The lowest BCUT2D eigenvalue weighted by Crippen LogP contribution is -1.95. The molecular formula is C21H24O. The van der Waals surface area contributed by atoms with E-state index in [0.717, 1.165) is 25.2 Å². The van der Waals surface area contributed by atoms with Crippen LogP contribution in [-0.2, 0) is 0 Å². The van der Waals surface area contributed by atoms with Crippen LogP contribution in [-0.4, -0.2) is 6.61 Å². The van der Waals surface area contributed by atoms with Crippen LogP contribution in [0.5, 0.6) is 5.75 Å². The van der Waals surface area contributed by atoms with Gasteiger partial charge >= 0.3 is 0 Å². The molecule has 0 saturated carbocycles. The molecule has 0 fully saturated rings. The zero-order valence-electron chi connectivity index (χ0n) is 13.5. The highest BCUT2D eigenvalue weighted by Crippen LogP contribution is 2.14. The molecule has 0 spiro atoms. The summed E-state index contributed by atoms with van der Waals surface area (Å²) in [6.07, 6.45) is 10.6. The van der Waals surface area contributed by atoms with E-state index in [1.165, 1.54) is 16.7 Å². The van der Waals surface area contributed by atoms with Crippen molar-refractivity contribution in [3.8, 4) is 5.75 Å². The van der Waals surface area contributed by atoms with Crippen LogP contribution >= 0.6 is 0 Å². The van der Waals surface area contributed by atoms with E-state index in [4.69, 9.17) is 4.74 Å². The molecule has 0 heterocycles. The van der Waals surface area contributed by atoms with Crippen LogP contribution < -0.4 is 4.74 Å². The third kappa shape index (κ3) is 5.61. The molecular weight excluding hydrogens is 268 g/mol. The topological polar surface area (TPSA) is 9.23 Å². The summed E-state index contributed by atoms with van der Waals surface area (Å²) >= 11 is 0. The molecule has 0 aliphatic carbocycles. The second-order valence-electron chi connectivity index (χ2n) is 5.40. The molecule has 2 rings (SSSR count). The van der Waals surface area contributed by atoms with Gasteiger partial charge in [0.1, 0.15) is 5.75 Å². The van der Waals surface area contributed by atoms with E-state index in [0.29, 0.717) is 0 Å². The van der Waals surface area contributed by atoms with Gasteiger partial charge in [-0.05, 0) is 36.6 Å². The molecule has 0 aliphatic heterocycles. The average Bonchev–Trinajstić information content (AvgIpc) is 2.55. The van der Waals surface area contributed by atoms with Crippen molar-refractivity contribution in [1.29, 1.82) is 0 Å². The summed E-state index contributed by atoms with van der Waals surface area (Å²) in [6, 6.07) is 16.7. The van der Waals surface area contributed by atoms with Crippen LogP contribution in [0.1, 0.15) is 36.5 Å². The zero-order chi connectivity index (χ0) is 15.6. The number of allylic oxidation sites excluding steroid dienone is 2. The highest BCUT2D eigenvalue weighted by atomic mass is 16.5. The van der Waals surface area contributed by atoms with Crippen LogP contribution in [0.15, 0.2) is 60.7 Å². The Labute approximate surface area is 134 Å². The summed E-state index contributed by atoms with van der Waals surface area (Å²) in [6.45, 7) is 5.06. The minimum absolute atomic E-state index is 0.797. The van der Waals surface area contributed by atoms with Gasteiger partial charge in [-0.15, -0.1) is 0 Å². The first-order valence-corrected chi connectivity index (χ1v) is 7.92. The lowest BCUT2D eigenvalue weighted by Gasteiger charge is -2.04. The Morgan fingerprint density at radius 1 is 0.818 bits per heavy atom. The Bertz CT molecular complexity index is 603. The molecule has 22 heavy (non-hydrogen) atoms. The van der Waals surface area contributed by atoms with Crippen LogP contribution in [0.2, 0.25) is 0 Å². The van der Waals surface area contributed by atoms with Gasteiger partial charge in [0.25, 0.3) is 0 Å². The van der Waals surface area contributed by atoms with Gasteiger partial charge in [0.2, 0.25) is 0 Å². The Morgan fingerprint density at radius 2 is 1.36 bits per heavy atom. The number of ether oxygens (including phenoxy) is 1. The third-order valence-electron chi connectivity index (χ3n) is 3.41. The maximum absolute atomic E-state index is 5.66. The quantitative estimate of drug-likeness (QED) is 0.456. The van der Waals surface area contributed by atoms with Gasteiger partial charge in [-0.25, -0.2) is 0 Å². The fourth-order valence-electron chi connectivity index (χ4n) is 2.02. The SMILES string of the molecule is CCCCOc1ccc(C=CC=Cc2ccc(C)cc2)cc1. The average molecular weight is 292 g/mol. The van der Waals surface area contributed by atoms with Crippen LogP contribution in [0.25, 0.3) is 12.2 Å². The molecule has 0 aromatic heterocycles. The van der Waals surface area contributed by atoms with Gasteiger partial charge in [0, 0.05) is 0 Å². The van der Waals surface area contributed by atoms with E-state index < -0.39 is 0 Å². The number of benzene rings is 2. The fraction of sp³-hybridized carbons (Fsp3) is 0.238. The lowest BCUT2D eigenvalue weighted by molar-refractivity contribution is 0.309. The molecule has 2 aromatic rings. The Balaban J connectivity index is 1.86. The predicted octanol–water partition coefficient (Wildman–Crippen LogP) is 5.90. The predicted molar refractivity (Wildman–Crippen MR) is 96.1 cm³/mol. The van der Waals surface area contributed by atoms with Crippen LogP contribution in [0.4, 0.5) is 0 Å². The van der Waals surface area contributed by atoms with Crippen molar-refractivity contribution >= 4 is 12.2 Å². The molecule has 0 aliphatic rings. The first kappa shape index (κ1) is 16.1. The monoisotopic (exact) mass is 292 g/mol. The fourth-order valence-corrected chi connectivity index (χ4v) is 2.02. The molecule has 114 valence electrons. The van der Waals surface area contributed by atoms with Crippen molar-refractivity contribution in [3.63, 3.8) is 0 Å². The van der Waals surface area contributed by atoms with E-state index in [1.54, 1.807) is 0 Å². The Hall–Kier alpha value is -2.28. The van der Waals surface area contributed by atoms with E-state index in [-0.39, 0.29) is 0 Å². The van der Waals surface area contributed by atoms with Crippen LogP contribution in [0.3, 0.4) is 0 Å². The summed E-state index contributed by atoms with van der Waals surface area (Å²) in [4.78, 5) is 0. The van der Waals surface area contributed by atoms with Gasteiger partial charge in [-0.1, -0.05) is 79.6 Å². The van der Waals surface area contributed by atoms with Crippen molar-refractivity contribution in [2.24, 2.45) is 0 Å². The van der Waals surface area contributed by atoms with E-state index in [9.17, 15) is 0 Å². The first-order chi connectivity index (χ1) is 10.8. The molecule has 0 bridgehead atoms. The Kier molecular flexibility index (Phi) is 6.50. The van der Waals surface area contributed by atoms with E-state index in [2.05, 4.69) is 74.5 Å². The van der Waals surface area contributed by atoms with Gasteiger partial charge in [0.15, 0.2) is 0 Å². The molecule has 0 N–H and O–H groups in total. The molecule has 0 saturated heterocycles. The zero-order valence-corrected chi connectivity index (χ0v) is 13.5. The number of aryl methyl sites for hydroxylation is 1. The molecule has 1 heteroatoms. The summed E-state index contributed by atoms with van der Waals surface area (Å²) in [5.74, 6) is 0.945. The summed E-state index contributed by atoms with van der Waals surface area (Å²) in [5.41, 5.74) is 3.68. The molecule has 0 radical (unpaired) electrons. The molecule has 0 amide bonds. The molecule has 2 aromatic carbocycles. The maximum Gasteiger partial charge on any atom is 0.119 e. The molecule has 1 nitrogen and oxygen atoms in total. The Morgan fingerprint density at radius 3 is 1.91 bits per heavy atom. The van der Waals surface area contributed by atoms with Crippen molar-refractivity contribution < 1.29 is 4.74 Å². The number of hydrogen-bond donors (Lipinski definition) is 0. The summed E-state index contributed by atoms with van der Waals surface area (Å²) in [7, 11) is 0. The third-order valence-corrected chi connectivity index (χ3v) is 3.41. The first-order valence-electron chi connectivity index (χ1n) is 7.92. The number of unbranched alkanes of at least 4 members (excludes halogenated alkanes) is 1. The van der Waals surface area contributed by atoms with Crippen LogP contribution in [0, 0.1) is 6.92 Å². The van der Waals surface area contributed by atoms with Crippen molar-refractivity contribution in [2.45, 2.75) is 26.7 Å². The van der Waals surface area contributed by atoms with Crippen molar-refractivity contribution in [2.75, 3.05) is 6.61 Å². The second kappa shape index (κ2) is 8.89. The molecule has 0 unspecified atom stereocenters. The van der Waals surface area contributed by atoms with Crippen molar-refractivity contribution in [3.05, 3.63) is 77.4 Å². The highest BCUT2D eigenvalue weighted by molar-refractivity contribution is 5.57. The normalized spacial score (nSPS) is 11.4. The van der Waals surface area contributed by atoms with Gasteiger partial charge < -0.3 is 4.74 Å². The van der Waals surface area contributed by atoms with Gasteiger partial charge in [-0.3, -0.25) is 0 Å². The minimum Gasteiger partial charge on any atom is -0.494 e. The number of hydrogen-bond acceptors (Lipinski definition) is 1. The number of rotatable bonds is 7. The van der Waals surface area contributed by atoms with E-state index >= 15 is 0 Å². The summed E-state index contributed by atoms with van der Waals surface area (Å²) in [5, 5.41) is 0. The largest absolute Gasteiger partial charge is 0.494 e. The second-order valence-corrected chi connectivity index (χ2v) is 5.40. The standard InChI is InChI=1S/C21H24O/c1-3-4-17-22-21-15-13-20(14-16-21)8-6-5-7-19-11-9-18(2)10-12-19/h5-16H,3-4,17H2,1-2H3. The lowest BCUT2D eigenvalue weighted by atomic mass is 10.1. The molecule has 0 atom stereocenters. The highest BCUT2D eigenvalue weighted by Gasteiger charge is 1.92. The minimum atomic E-state index is 0.797. The smallest absolute Gasteiger partial charge is 0.119 e. The van der Waals surface area contributed by atoms with Crippen molar-refractivity contribution in [1.82, 2.24) is 0 Å². The maximum atomic E-state index is 5.66. The van der Waals surface area contributed by atoms with Gasteiger partial charge in [-0.2, -0.15) is 0 Å².